The number of carbonyl (C=O) groups is 1. The van der Waals surface area contributed by atoms with Gasteiger partial charge in [0.1, 0.15) is 5.69 Å². The third-order valence-electron chi connectivity index (χ3n) is 4.79. The number of para-hydroxylation sites is 2. The van der Waals surface area contributed by atoms with Crippen molar-refractivity contribution in [1.82, 2.24) is 15.3 Å². The van der Waals surface area contributed by atoms with Gasteiger partial charge in [-0.1, -0.05) is 25.5 Å². The zero-order valence-corrected chi connectivity index (χ0v) is 16.7. The molecule has 0 radical (unpaired) electrons. The van der Waals surface area contributed by atoms with E-state index in [-0.39, 0.29) is 18.1 Å². The molecule has 28 heavy (non-hydrogen) atoms. The number of nitrogens with zero attached hydrogens (tertiary/aromatic N) is 4. The Hall–Kier alpha value is -2.72. The number of ether oxygens (including phenoxy) is 1. The standard InChI is InChI=1S/C21H27N5O2/c1-4-5-10-23-21(27)16(11-22)19-20(26-12-14(2)28-15(3)13-26)25-18-9-7-6-8-17(18)24-19/h6-9,14-16H,4-5,10,12-13H2,1-3H3,(H,23,27)/t14-,15-,16+/m1/s1. The molecule has 0 aliphatic carbocycles. The number of carbonyl (C=O) groups excluding carboxylic acids is 1. The molecule has 0 spiro atoms. The summed E-state index contributed by atoms with van der Waals surface area (Å²) in [5.74, 6) is -0.730. The monoisotopic (exact) mass is 381 g/mol. The summed E-state index contributed by atoms with van der Waals surface area (Å²) in [6, 6.07) is 9.67. The Morgan fingerprint density at radius 1 is 1.29 bits per heavy atom. The van der Waals surface area contributed by atoms with Crippen LogP contribution in [0.1, 0.15) is 45.2 Å². The van der Waals surface area contributed by atoms with Gasteiger partial charge in [0.25, 0.3) is 0 Å². The molecule has 0 bridgehead atoms. The minimum absolute atomic E-state index is 0.0313. The van der Waals surface area contributed by atoms with Gasteiger partial charge < -0.3 is 15.0 Å². The minimum atomic E-state index is -1.00. The largest absolute Gasteiger partial charge is 0.372 e. The summed E-state index contributed by atoms with van der Waals surface area (Å²) < 4.78 is 5.83. The highest BCUT2D eigenvalue weighted by atomic mass is 16.5. The number of hydrogen-bond acceptors (Lipinski definition) is 6. The topological polar surface area (TPSA) is 91.1 Å². The number of morpholine rings is 1. The number of fused-ring (bicyclic) bond motifs is 1. The van der Waals surface area contributed by atoms with Crippen molar-refractivity contribution < 1.29 is 9.53 Å². The third-order valence-corrected chi connectivity index (χ3v) is 4.79. The average molecular weight is 381 g/mol. The first-order chi connectivity index (χ1) is 13.5. The highest BCUT2D eigenvalue weighted by molar-refractivity contribution is 5.88. The van der Waals surface area contributed by atoms with Crippen LogP contribution in [-0.4, -0.2) is 47.7 Å². The van der Waals surface area contributed by atoms with Gasteiger partial charge in [-0.2, -0.15) is 5.26 Å². The van der Waals surface area contributed by atoms with Gasteiger partial charge in [-0.15, -0.1) is 0 Å². The van der Waals surface area contributed by atoms with E-state index in [9.17, 15) is 10.1 Å². The molecule has 0 saturated carbocycles. The molecule has 1 aromatic heterocycles. The summed E-state index contributed by atoms with van der Waals surface area (Å²) in [6.45, 7) is 7.91. The van der Waals surface area contributed by atoms with Crippen LogP contribution in [0.2, 0.25) is 0 Å². The first-order valence-corrected chi connectivity index (χ1v) is 9.87. The predicted octanol–water partition coefficient (Wildman–Crippen LogP) is 2.77. The van der Waals surface area contributed by atoms with Crippen LogP contribution < -0.4 is 10.2 Å². The second kappa shape index (κ2) is 8.98. The van der Waals surface area contributed by atoms with E-state index < -0.39 is 5.92 Å². The van der Waals surface area contributed by atoms with Crippen LogP contribution in [0.25, 0.3) is 11.0 Å². The van der Waals surface area contributed by atoms with Crippen LogP contribution in [0.4, 0.5) is 5.82 Å². The van der Waals surface area contributed by atoms with Crippen molar-refractivity contribution in [3.8, 4) is 6.07 Å². The first kappa shape index (κ1) is 20.0. The molecule has 1 aliphatic heterocycles. The molecule has 148 valence electrons. The Kier molecular flexibility index (Phi) is 6.42. The summed E-state index contributed by atoms with van der Waals surface area (Å²) in [5, 5.41) is 12.6. The molecular weight excluding hydrogens is 354 g/mol. The van der Waals surface area contributed by atoms with Crippen LogP contribution in [0.3, 0.4) is 0 Å². The summed E-state index contributed by atoms with van der Waals surface area (Å²) >= 11 is 0. The van der Waals surface area contributed by atoms with Gasteiger partial charge in [0, 0.05) is 19.6 Å². The molecule has 7 heteroatoms. The lowest BCUT2D eigenvalue weighted by Gasteiger charge is -2.37. The molecule has 0 unspecified atom stereocenters. The van der Waals surface area contributed by atoms with E-state index >= 15 is 0 Å². The maximum absolute atomic E-state index is 12.7. The van der Waals surface area contributed by atoms with E-state index in [0.717, 1.165) is 18.4 Å². The number of anilines is 1. The number of rotatable bonds is 6. The normalized spacial score (nSPS) is 20.6. The van der Waals surface area contributed by atoms with Gasteiger partial charge in [0.05, 0.1) is 29.3 Å². The fourth-order valence-corrected chi connectivity index (χ4v) is 3.52. The van der Waals surface area contributed by atoms with Crippen molar-refractivity contribution in [1.29, 1.82) is 5.26 Å². The van der Waals surface area contributed by atoms with E-state index in [2.05, 4.69) is 23.2 Å². The summed E-state index contributed by atoms with van der Waals surface area (Å²) in [5.41, 5.74) is 1.84. The van der Waals surface area contributed by atoms with Gasteiger partial charge in [0.2, 0.25) is 5.91 Å². The molecule has 3 rings (SSSR count). The molecule has 1 aromatic carbocycles. The Labute approximate surface area is 165 Å². The summed E-state index contributed by atoms with van der Waals surface area (Å²) in [4.78, 5) is 24.3. The van der Waals surface area contributed by atoms with E-state index in [1.807, 2.05) is 38.1 Å². The number of nitriles is 1. The second-order valence-corrected chi connectivity index (χ2v) is 7.29. The maximum atomic E-state index is 12.7. The molecule has 2 heterocycles. The smallest absolute Gasteiger partial charge is 0.243 e. The summed E-state index contributed by atoms with van der Waals surface area (Å²) in [7, 11) is 0. The Morgan fingerprint density at radius 2 is 1.93 bits per heavy atom. The number of aromatic nitrogens is 2. The maximum Gasteiger partial charge on any atom is 0.243 e. The SMILES string of the molecule is CCCCNC(=O)[C@@H](C#N)c1nc2ccccc2nc1N1C[C@@H](C)O[C@H](C)C1. The second-order valence-electron chi connectivity index (χ2n) is 7.29. The van der Waals surface area contributed by atoms with Gasteiger partial charge in [-0.3, -0.25) is 4.79 Å². The van der Waals surface area contributed by atoms with Crippen LogP contribution in [0.15, 0.2) is 24.3 Å². The molecule has 1 aliphatic rings. The Morgan fingerprint density at radius 3 is 2.54 bits per heavy atom. The van der Waals surface area contributed by atoms with E-state index in [1.54, 1.807) is 0 Å². The van der Waals surface area contributed by atoms with Crippen molar-refractivity contribution in [2.45, 2.75) is 51.7 Å². The van der Waals surface area contributed by atoms with E-state index in [1.165, 1.54) is 0 Å². The number of nitrogens with one attached hydrogen (secondary N) is 1. The lowest BCUT2D eigenvalue weighted by atomic mass is 10.0. The number of amides is 1. The number of benzene rings is 1. The Bertz CT molecular complexity index is 869. The molecule has 1 fully saturated rings. The first-order valence-electron chi connectivity index (χ1n) is 9.87. The van der Waals surface area contributed by atoms with Crippen LogP contribution in [-0.2, 0) is 9.53 Å². The van der Waals surface area contributed by atoms with Crippen molar-refractivity contribution in [2.75, 3.05) is 24.5 Å². The number of unbranched alkanes of at least 4 members (excludes halogenated alkanes) is 1. The highest BCUT2D eigenvalue weighted by Crippen LogP contribution is 2.29. The average Bonchev–Trinajstić information content (AvgIpc) is 2.67. The van der Waals surface area contributed by atoms with Gasteiger partial charge in [-0.25, -0.2) is 9.97 Å². The van der Waals surface area contributed by atoms with Crippen molar-refractivity contribution in [3.05, 3.63) is 30.0 Å². The summed E-state index contributed by atoms with van der Waals surface area (Å²) in [6.07, 6.45) is 1.91. The number of hydrogen-bond donors (Lipinski definition) is 1. The lowest BCUT2D eigenvalue weighted by molar-refractivity contribution is -0.121. The van der Waals surface area contributed by atoms with Crippen molar-refractivity contribution in [3.63, 3.8) is 0 Å². The molecule has 7 nitrogen and oxygen atoms in total. The zero-order chi connectivity index (χ0) is 20.1. The molecule has 3 atom stereocenters. The van der Waals surface area contributed by atoms with Gasteiger partial charge in [0.15, 0.2) is 11.7 Å². The fourth-order valence-electron chi connectivity index (χ4n) is 3.52. The van der Waals surface area contributed by atoms with Crippen molar-refractivity contribution >= 4 is 22.8 Å². The minimum Gasteiger partial charge on any atom is -0.372 e. The van der Waals surface area contributed by atoms with Crippen molar-refractivity contribution in [2.24, 2.45) is 0 Å². The fraction of sp³-hybridized carbons (Fsp3) is 0.524. The van der Waals surface area contributed by atoms with Crippen LogP contribution in [0.5, 0.6) is 0 Å². The lowest BCUT2D eigenvalue weighted by Crippen LogP contribution is -2.46. The van der Waals surface area contributed by atoms with Gasteiger partial charge >= 0.3 is 0 Å². The molecular formula is C21H27N5O2. The molecule has 2 aromatic rings. The Balaban J connectivity index is 2.03. The highest BCUT2D eigenvalue weighted by Gasteiger charge is 2.31. The van der Waals surface area contributed by atoms with E-state index in [0.29, 0.717) is 36.7 Å². The zero-order valence-electron chi connectivity index (χ0n) is 16.7. The molecule has 1 N–H and O–H groups in total. The molecule has 1 saturated heterocycles. The van der Waals surface area contributed by atoms with Crippen LogP contribution in [0, 0.1) is 11.3 Å². The van der Waals surface area contributed by atoms with Gasteiger partial charge in [-0.05, 0) is 32.4 Å². The van der Waals surface area contributed by atoms with E-state index in [4.69, 9.17) is 14.7 Å². The third kappa shape index (κ3) is 4.39. The molecule has 1 amide bonds. The van der Waals surface area contributed by atoms with Crippen LogP contribution >= 0.6 is 0 Å². The predicted molar refractivity (Wildman–Crippen MR) is 108 cm³/mol. The quantitative estimate of drug-likeness (QED) is 0.774.